The van der Waals surface area contributed by atoms with Gasteiger partial charge in [-0.25, -0.2) is 8.78 Å². The fourth-order valence-corrected chi connectivity index (χ4v) is 1.87. The molecule has 0 aliphatic rings. The number of hydrogen-bond donors (Lipinski definition) is 2. The molecule has 0 bridgehead atoms. The number of carbonyl (C=O) groups excluding carboxylic acids is 1. The van der Waals surface area contributed by atoms with Crippen molar-refractivity contribution in [2.45, 2.75) is 39.3 Å². The van der Waals surface area contributed by atoms with E-state index in [4.69, 9.17) is 5.73 Å². The van der Waals surface area contributed by atoms with Crippen LogP contribution in [0.5, 0.6) is 0 Å². The molecule has 0 radical (unpaired) electrons. The van der Waals surface area contributed by atoms with E-state index in [1.165, 1.54) is 6.07 Å². The van der Waals surface area contributed by atoms with E-state index in [1.807, 2.05) is 13.8 Å². The number of rotatable bonds is 5. The third-order valence-electron chi connectivity index (χ3n) is 2.85. The third kappa shape index (κ3) is 4.59. The lowest BCUT2D eigenvalue weighted by atomic mass is 10.0. The van der Waals surface area contributed by atoms with Gasteiger partial charge in [-0.3, -0.25) is 4.79 Å². The highest BCUT2D eigenvalue weighted by atomic mass is 19.1. The van der Waals surface area contributed by atoms with Gasteiger partial charge in [0.2, 0.25) is 5.91 Å². The van der Waals surface area contributed by atoms with Crippen molar-refractivity contribution in [3.8, 4) is 0 Å². The van der Waals surface area contributed by atoms with Crippen LogP contribution in [0.25, 0.3) is 0 Å². The molecule has 5 heteroatoms. The summed E-state index contributed by atoms with van der Waals surface area (Å²) in [5.74, 6) is -1.34. The maximum Gasteiger partial charge on any atom is 0.237 e. The average molecular weight is 270 g/mol. The largest absolute Gasteiger partial charge is 0.348 e. The first kappa shape index (κ1) is 15.6. The fraction of sp³-hybridized carbons (Fsp3) is 0.500. The molecule has 1 rings (SSSR count). The molecule has 19 heavy (non-hydrogen) atoms. The number of nitrogens with one attached hydrogen (secondary N) is 1. The summed E-state index contributed by atoms with van der Waals surface area (Å²) in [6, 6.07) is 2.11. The molecule has 2 atom stereocenters. The predicted octanol–water partition coefficient (Wildman–Crippen LogP) is 2.52. The van der Waals surface area contributed by atoms with Crippen molar-refractivity contribution in [3.05, 3.63) is 35.4 Å². The molecule has 0 aliphatic carbocycles. The lowest BCUT2D eigenvalue weighted by molar-refractivity contribution is -0.123. The van der Waals surface area contributed by atoms with E-state index < -0.39 is 23.7 Å². The van der Waals surface area contributed by atoms with Crippen LogP contribution in [-0.4, -0.2) is 11.9 Å². The highest BCUT2D eigenvalue weighted by Crippen LogP contribution is 2.18. The third-order valence-corrected chi connectivity index (χ3v) is 2.85. The number of nitrogens with two attached hydrogens (primary N) is 1. The van der Waals surface area contributed by atoms with Gasteiger partial charge in [-0.15, -0.1) is 0 Å². The minimum Gasteiger partial charge on any atom is -0.348 e. The summed E-state index contributed by atoms with van der Waals surface area (Å²) in [5.41, 5.74) is 5.98. The smallest absolute Gasteiger partial charge is 0.237 e. The van der Waals surface area contributed by atoms with Crippen LogP contribution < -0.4 is 11.1 Å². The molecule has 0 aromatic heterocycles. The summed E-state index contributed by atoms with van der Waals surface area (Å²) in [5, 5.41) is 2.64. The number of halogens is 2. The Bertz CT molecular complexity index is 449. The van der Waals surface area contributed by atoms with Crippen LogP contribution in [0.4, 0.5) is 8.78 Å². The van der Waals surface area contributed by atoms with Crippen molar-refractivity contribution in [3.63, 3.8) is 0 Å². The summed E-state index contributed by atoms with van der Waals surface area (Å²) < 4.78 is 26.3. The zero-order chi connectivity index (χ0) is 14.6. The van der Waals surface area contributed by atoms with E-state index in [0.717, 1.165) is 12.1 Å². The summed E-state index contributed by atoms with van der Waals surface area (Å²) in [6.45, 7) is 5.57. The maximum absolute atomic E-state index is 13.5. The number of hydrogen-bond acceptors (Lipinski definition) is 2. The SMILES string of the molecule is CC(C)C[C@@H](N)C(=O)N[C@@H](C)c1ccc(F)cc1F. The summed E-state index contributed by atoms with van der Waals surface area (Å²) in [7, 11) is 0. The molecular weight excluding hydrogens is 250 g/mol. The van der Waals surface area contributed by atoms with Gasteiger partial charge >= 0.3 is 0 Å². The van der Waals surface area contributed by atoms with Crippen LogP contribution in [0.1, 0.15) is 38.8 Å². The number of benzene rings is 1. The molecule has 3 N–H and O–H groups in total. The van der Waals surface area contributed by atoms with Crippen LogP contribution in [0, 0.1) is 17.6 Å². The molecular formula is C14H20F2N2O. The zero-order valence-electron chi connectivity index (χ0n) is 11.4. The quantitative estimate of drug-likeness (QED) is 0.863. The Kier molecular flexibility index (Phi) is 5.42. The first-order valence-electron chi connectivity index (χ1n) is 6.32. The number of amides is 1. The van der Waals surface area contributed by atoms with Gasteiger partial charge in [-0.1, -0.05) is 19.9 Å². The highest BCUT2D eigenvalue weighted by Gasteiger charge is 2.19. The summed E-state index contributed by atoms with van der Waals surface area (Å²) in [4.78, 5) is 11.8. The van der Waals surface area contributed by atoms with Crippen LogP contribution in [0.3, 0.4) is 0 Å². The van der Waals surface area contributed by atoms with Crippen molar-refractivity contribution < 1.29 is 13.6 Å². The van der Waals surface area contributed by atoms with Crippen LogP contribution >= 0.6 is 0 Å². The Morgan fingerprint density at radius 2 is 1.95 bits per heavy atom. The average Bonchev–Trinajstić information content (AvgIpc) is 2.27. The standard InChI is InChI=1S/C14H20F2N2O/c1-8(2)6-13(17)14(19)18-9(3)11-5-4-10(15)7-12(11)16/h4-5,7-9,13H,6,17H2,1-3H3,(H,18,19)/t9-,13+/m0/s1. The predicted molar refractivity (Wildman–Crippen MR) is 70.3 cm³/mol. The van der Waals surface area contributed by atoms with Gasteiger partial charge in [0.25, 0.3) is 0 Å². The van der Waals surface area contributed by atoms with E-state index in [9.17, 15) is 13.6 Å². The second kappa shape index (κ2) is 6.61. The van der Waals surface area contributed by atoms with Gasteiger partial charge in [0.15, 0.2) is 0 Å². The van der Waals surface area contributed by atoms with Gasteiger partial charge < -0.3 is 11.1 Å². The summed E-state index contributed by atoms with van der Waals surface area (Å²) >= 11 is 0. The van der Waals surface area contributed by atoms with Crippen molar-refractivity contribution in [2.75, 3.05) is 0 Å². The molecule has 0 unspecified atom stereocenters. The second-order valence-electron chi connectivity index (χ2n) is 5.13. The lowest BCUT2D eigenvalue weighted by Gasteiger charge is -2.19. The van der Waals surface area contributed by atoms with Crippen molar-refractivity contribution in [1.29, 1.82) is 0 Å². The van der Waals surface area contributed by atoms with Gasteiger partial charge in [0, 0.05) is 11.6 Å². The molecule has 0 heterocycles. The molecule has 0 fully saturated rings. The molecule has 0 aliphatic heterocycles. The zero-order valence-corrected chi connectivity index (χ0v) is 11.4. The van der Waals surface area contributed by atoms with Gasteiger partial charge in [0.1, 0.15) is 11.6 Å². The van der Waals surface area contributed by atoms with Gasteiger partial charge in [-0.05, 0) is 25.3 Å². The molecule has 0 saturated carbocycles. The molecule has 0 saturated heterocycles. The monoisotopic (exact) mass is 270 g/mol. The molecule has 3 nitrogen and oxygen atoms in total. The number of carbonyl (C=O) groups is 1. The first-order valence-corrected chi connectivity index (χ1v) is 6.32. The lowest BCUT2D eigenvalue weighted by Crippen LogP contribution is -2.42. The fourth-order valence-electron chi connectivity index (χ4n) is 1.87. The minimum atomic E-state index is -0.676. The summed E-state index contributed by atoms with van der Waals surface area (Å²) in [6.07, 6.45) is 0.560. The molecule has 0 spiro atoms. The normalized spacial score (nSPS) is 14.3. The van der Waals surface area contributed by atoms with E-state index in [1.54, 1.807) is 6.92 Å². The van der Waals surface area contributed by atoms with E-state index in [2.05, 4.69) is 5.32 Å². The second-order valence-corrected chi connectivity index (χ2v) is 5.13. The van der Waals surface area contributed by atoms with Gasteiger partial charge in [-0.2, -0.15) is 0 Å². The topological polar surface area (TPSA) is 55.1 Å². The maximum atomic E-state index is 13.5. The first-order chi connectivity index (χ1) is 8.81. The molecule has 1 amide bonds. The van der Waals surface area contributed by atoms with Crippen molar-refractivity contribution in [1.82, 2.24) is 5.32 Å². The molecule has 106 valence electrons. The van der Waals surface area contributed by atoms with Gasteiger partial charge in [0.05, 0.1) is 12.1 Å². The van der Waals surface area contributed by atoms with Crippen molar-refractivity contribution in [2.24, 2.45) is 11.7 Å². The van der Waals surface area contributed by atoms with Crippen molar-refractivity contribution >= 4 is 5.91 Å². The van der Waals surface area contributed by atoms with E-state index in [0.29, 0.717) is 12.3 Å². The minimum absolute atomic E-state index is 0.242. The Balaban J connectivity index is 2.68. The highest BCUT2D eigenvalue weighted by molar-refractivity contribution is 5.81. The van der Waals surface area contributed by atoms with Crippen LogP contribution in [0.15, 0.2) is 18.2 Å². The van der Waals surface area contributed by atoms with Crippen LogP contribution in [0.2, 0.25) is 0 Å². The molecule has 1 aromatic carbocycles. The Labute approximate surface area is 112 Å². The molecule has 1 aromatic rings. The Morgan fingerprint density at radius 3 is 2.47 bits per heavy atom. The van der Waals surface area contributed by atoms with E-state index in [-0.39, 0.29) is 11.5 Å². The van der Waals surface area contributed by atoms with E-state index >= 15 is 0 Å². The Hall–Kier alpha value is -1.49. The Morgan fingerprint density at radius 1 is 1.32 bits per heavy atom. The van der Waals surface area contributed by atoms with Crippen LogP contribution in [-0.2, 0) is 4.79 Å².